The molecule has 1 aromatic carbocycles. The molecule has 0 bridgehead atoms. The lowest BCUT2D eigenvalue weighted by atomic mass is 10.1. The van der Waals surface area contributed by atoms with Crippen LogP contribution in [-0.4, -0.2) is 46.8 Å². The zero-order chi connectivity index (χ0) is 16.6. The number of aromatic nitrogens is 2. The predicted molar refractivity (Wildman–Crippen MR) is 99.5 cm³/mol. The molecule has 130 valence electrons. The molecule has 0 radical (unpaired) electrons. The Morgan fingerprint density at radius 3 is 2.42 bits per heavy atom. The first-order chi connectivity index (χ1) is 11.0. The van der Waals surface area contributed by atoms with Crippen molar-refractivity contribution in [3.05, 3.63) is 46.2 Å². The second kappa shape index (κ2) is 7.45. The zero-order valence-corrected chi connectivity index (χ0v) is 15.7. The van der Waals surface area contributed by atoms with Crippen LogP contribution in [0.5, 0.6) is 0 Å². The van der Waals surface area contributed by atoms with E-state index < -0.39 is 0 Å². The predicted octanol–water partition coefficient (Wildman–Crippen LogP) is 3.07. The highest BCUT2D eigenvalue weighted by Crippen LogP contribution is 2.25. The Bertz CT molecular complexity index is 736. The van der Waals surface area contributed by atoms with Crippen molar-refractivity contribution in [1.82, 2.24) is 14.7 Å². The van der Waals surface area contributed by atoms with Gasteiger partial charge in [-0.1, -0.05) is 17.7 Å². The fourth-order valence-corrected chi connectivity index (χ4v) is 3.22. The Kier molecular flexibility index (Phi) is 5.78. The van der Waals surface area contributed by atoms with E-state index in [0.29, 0.717) is 18.7 Å². The molecule has 1 aromatic heterocycles. The Labute approximate surface area is 153 Å². The van der Waals surface area contributed by atoms with Gasteiger partial charge in [0.2, 0.25) is 0 Å². The van der Waals surface area contributed by atoms with Crippen molar-refractivity contribution in [1.29, 1.82) is 0 Å². The number of carbonyl (C=O) groups excluding carboxylic acids is 1. The molecule has 0 unspecified atom stereocenters. The van der Waals surface area contributed by atoms with E-state index in [4.69, 9.17) is 11.6 Å². The number of hydrogen-bond donors (Lipinski definition) is 0. The molecule has 1 fully saturated rings. The van der Waals surface area contributed by atoms with Gasteiger partial charge in [-0.2, -0.15) is 5.10 Å². The van der Waals surface area contributed by atoms with Gasteiger partial charge < -0.3 is 9.80 Å². The van der Waals surface area contributed by atoms with Crippen molar-refractivity contribution in [2.75, 3.05) is 31.1 Å². The van der Waals surface area contributed by atoms with Gasteiger partial charge in [0.05, 0.1) is 11.3 Å². The lowest BCUT2D eigenvalue weighted by molar-refractivity contribution is 0.0746. The number of aryl methyl sites for hydroxylation is 3. The summed E-state index contributed by atoms with van der Waals surface area (Å²) >= 11 is 6.11. The molecule has 0 saturated carbocycles. The molecule has 2 heterocycles. The van der Waals surface area contributed by atoms with Gasteiger partial charge in [-0.3, -0.25) is 9.48 Å². The molecule has 1 aliphatic rings. The Hall–Kier alpha value is -1.72. The third kappa shape index (κ3) is 3.68. The third-order valence-corrected chi connectivity index (χ3v) is 4.56. The molecule has 1 amide bonds. The summed E-state index contributed by atoms with van der Waals surface area (Å²) in [7, 11) is 1.84. The smallest absolute Gasteiger partial charge is 0.257 e. The fourth-order valence-electron chi connectivity index (χ4n) is 3.05. The van der Waals surface area contributed by atoms with Crippen molar-refractivity contribution >= 4 is 35.6 Å². The first kappa shape index (κ1) is 18.6. The summed E-state index contributed by atoms with van der Waals surface area (Å²) in [5.41, 5.74) is 3.84. The maximum Gasteiger partial charge on any atom is 0.257 e. The van der Waals surface area contributed by atoms with Crippen LogP contribution in [0, 0.1) is 13.8 Å². The topological polar surface area (TPSA) is 41.4 Å². The Morgan fingerprint density at radius 2 is 1.83 bits per heavy atom. The summed E-state index contributed by atoms with van der Waals surface area (Å²) in [5, 5.41) is 5.00. The van der Waals surface area contributed by atoms with Gasteiger partial charge in [0.15, 0.2) is 0 Å². The van der Waals surface area contributed by atoms with E-state index in [9.17, 15) is 4.79 Å². The Morgan fingerprint density at radius 1 is 1.17 bits per heavy atom. The molecule has 24 heavy (non-hydrogen) atoms. The summed E-state index contributed by atoms with van der Waals surface area (Å²) in [6.45, 7) is 7.00. The summed E-state index contributed by atoms with van der Waals surface area (Å²) < 4.78 is 1.69. The van der Waals surface area contributed by atoms with Gasteiger partial charge in [-0.25, -0.2) is 0 Å². The van der Waals surface area contributed by atoms with Crippen LogP contribution in [0.15, 0.2) is 24.4 Å². The van der Waals surface area contributed by atoms with E-state index in [1.165, 1.54) is 5.56 Å². The van der Waals surface area contributed by atoms with E-state index in [2.05, 4.69) is 16.9 Å². The minimum atomic E-state index is 0. The number of nitrogens with zero attached hydrogens (tertiary/aromatic N) is 4. The molecule has 5 nitrogen and oxygen atoms in total. The average Bonchev–Trinajstić information content (AvgIpc) is 2.88. The number of rotatable bonds is 2. The molecule has 2 aromatic rings. The van der Waals surface area contributed by atoms with Crippen LogP contribution < -0.4 is 4.90 Å². The largest absolute Gasteiger partial charge is 0.368 e. The van der Waals surface area contributed by atoms with E-state index in [-0.39, 0.29) is 18.3 Å². The van der Waals surface area contributed by atoms with Crippen LogP contribution in [0.1, 0.15) is 21.6 Å². The SMILES string of the molecule is Cc1ccc(Cl)cc1N1CCN(C(=O)c2cn(C)nc2C)CC1.Cl. The molecule has 3 rings (SSSR count). The highest BCUT2D eigenvalue weighted by molar-refractivity contribution is 6.30. The minimum absolute atomic E-state index is 0. The monoisotopic (exact) mass is 368 g/mol. The number of piperazine rings is 1. The first-order valence-electron chi connectivity index (χ1n) is 7.76. The second-order valence-electron chi connectivity index (χ2n) is 6.01. The quantitative estimate of drug-likeness (QED) is 0.817. The van der Waals surface area contributed by atoms with Crippen molar-refractivity contribution in [3.63, 3.8) is 0 Å². The van der Waals surface area contributed by atoms with Crippen LogP contribution in [-0.2, 0) is 7.05 Å². The Balaban J connectivity index is 0.00000208. The number of carbonyl (C=O) groups is 1. The highest BCUT2D eigenvalue weighted by Gasteiger charge is 2.25. The van der Waals surface area contributed by atoms with Gasteiger partial charge in [0.25, 0.3) is 5.91 Å². The van der Waals surface area contributed by atoms with Crippen LogP contribution in [0.2, 0.25) is 5.02 Å². The van der Waals surface area contributed by atoms with Crippen molar-refractivity contribution < 1.29 is 4.79 Å². The van der Waals surface area contributed by atoms with Gasteiger partial charge in [0.1, 0.15) is 0 Å². The van der Waals surface area contributed by atoms with Gasteiger partial charge in [0, 0.05) is 50.1 Å². The first-order valence-corrected chi connectivity index (χ1v) is 8.14. The number of benzene rings is 1. The van der Waals surface area contributed by atoms with Gasteiger partial charge >= 0.3 is 0 Å². The molecule has 0 N–H and O–H groups in total. The number of anilines is 1. The maximum atomic E-state index is 12.6. The summed E-state index contributed by atoms with van der Waals surface area (Å²) in [6.07, 6.45) is 1.80. The van der Waals surface area contributed by atoms with E-state index >= 15 is 0 Å². The molecule has 0 atom stereocenters. The lowest BCUT2D eigenvalue weighted by Gasteiger charge is -2.36. The summed E-state index contributed by atoms with van der Waals surface area (Å²) in [5.74, 6) is 0.0677. The van der Waals surface area contributed by atoms with Crippen molar-refractivity contribution in [3.8, 4) is 0 Å². The van der Waals surface area contributed by atoms with Gasteiger partial charge in [-0.05, 0) is 31.5 Å². The molecule has 1 saturated heterocycles. The molecule has 1 aliphatic heterocycles. The third-order valence-electron chi connectivity index (χ3n) is 4.32. The van der Waals surface area contributed by atoms with Crippen molar-refractivity contribution in [2.24, 2.45) is 7.05 Å². The van der Waals surface area contributed by atoms with E-state index in [0.717, 1.165) is 29.5 Å². The van der Waals surface area contributed by atoms with E-state index in [1.807, 2.05) is 37.1 Å². The molecule has 7 heteroatoms. The molecular weight excluding hydrogens is 347 g/mol. The van der Waals surface area contributed by atoms with Gasteiger partial charge in [-0.15, -0.1) is 12.4 Å². The minimum Gasteiger partial charge on any atom is -0.368 e. The second-order valence-corrected chi connectivity index (χ2v) is 6.45. The average molecular weight is 369 g/mol. The summed E-state index contributed by atoms with van der Waals surface area (Å²) in [6, 6.07) is 5.94. The maximum absolute atomic E-state index is 12.6. The van der Waals surface area contributed by atoms with Crippen LogP contribution in [0.3, 0.4) is 0 Å². The van der Waals surface area contributed by atoms with Crippen molar-refractivity contribution in [2.45, 2.75) is 13.8 Å². The van der Waals surface area contributed by atoms with E-state index in [1.54, 1.807) is 10.9 Å². The highest BCUT2D eigenvalue weighted by atomic mass is 35.5. The molecular formula is C17H22Cl2N4O. The standard InChI is InChI=1S/C17H21ClN4O.ClH/c1-12-4-5-14(18)10-16(12)21-6-8-22(9-7-21)17(23)15-11-20(3)19-13(15)2;/h4-5,10-11H,6-9H2,1-3H3;1H. The van der Waals surface area contributed by atoms with Crippen LogP contribution >= 0.6 is 24.0 Å². The number of amides is 1. The molecule has 0 aliphatic carbocycles. The molecule has 0 spiro atoms. The normalized spacial score (nSPS) is 14.5. The number of halogens is 2. The zero-order valence-electron chi connectivity index (χ0n) is 14.1. The lowest BCUT2D eigenvalue weighted by Crippen LogP contribution is -2.49. The van der Waals surface area contributed by atoms with Crippen LogP contribution in [0.4, 0.5) is 5.69 Å². The summed E-state index contributed by atoms with van der Waals surface area (Å²) in [4.78, 5) is 16.8. The fraction of sp³-hybridized carbons (Fsp3) is 0.412. The number of hydrogen-bond acceptors (Lipinski definition) is 3. The van der Waals surface area contributed by atoms with Crippen LogP contribution in [0.25, 0.3) is 0 Å².